The predicted octanol–water partition coefficient (Wildman–Crippen LogP) is 3.60. The van der Waals surface area contributed by atoms with Gasteiger partial charge in [0.2, 0.25) is 0 Å². The van der Waals surface area contributed by atoms with Crippen LogP contribution in [0.1, 0.15) is 28.8 Å². The van der Waals surface area contributed by atoms with Gasteiger partial charge in [-0.3, -0.25) is 4.79 Å². The molecule has 1 rings (SSSR count). The molecular weight excluding hydrogens is 282 g/mol. The van der Waals surface area contributed by atoms with Crippen molar-refractivity contribution in [1.82, 2.24) is 0 Å². The van der Waals surface area contributed by atoms with Crippen LogP contribution in [0.15, 0.2) is 18.2 Å². The third-order valence-corrected chi connectivity index (χ3v) is 2.50. The van der Waals surface area contributed by atoms with E-state index in [2.05, 4.69) is 15.9 Å². The van der Waals surface area contributed by atoms with Gasteiger partial charge in [0.15, 0.2) is 5.78 Å². The number of halogens is 3. The SMILES string of the molecule is COc1cc(C(F)F)ccc1C(=O)CCBr. The van der Waals surface area contributed by atoms with Crippen molar-refractivity contribution in [3.05, 3.63) is 29.3 Å². The summed E-state index contributed by atoms with van der Waals surface area (Å²) in [5.41, 5.74) is 0.193. The molecule has 0 amide bonds. The fourth-order valence-corrected chi connectivity index (χ4v) is 1.65. The molecular formula is C11H11BrF2O2. The second kappa shape index (κ2) is 5.94. The molecule has 2 nitrogen and oxygen atoms in total. The van der Waals surface area contributed by atoms with Crippen molar-refractivity contribution in [1.29, 1.82) is 0 Å². The van der Waals surface area contributed by atoms with Gasteiger partial charge < -0.3 is 4.74 Å². The summed E-state index contributed by atoms with van der Waals surface area (Å²) in [5.74, 6) is 0.0679. The molecule has 0 aromatic heterocycles. The number of carbonyl (C=O) groups is 1. The highest BCUT2D eigenvalue weighted by atomic mass is 79.9. The van der Waals surface area contributed by atoms with E-state index in [0.29, 0.717) is 17.3 Å². The van der Waals surface area contributed by atoms with Gasteiger partial charge in [-0.25, -0.2) is 8.78 Å². The Labute approximate surface area is 101 Å². The van der Waals surface area contributed by atoms with Crippen LogP contribution >= 0.6 is 15.9 Å². The second-order valence-electron chi connectivity index (χ2n) is 3.12. The first-order valence-corrected chi connectivity index (χ1v) is 5.77. The lowest BCUT2D eigenvalue weighted by Gasteiger charge is -2.09. The molecule has 0 aliphatic rings. The lowest BCUT2D eigenvalue weighted by Crippen LogP contribution is -2.03. The minimum atomic E-state index is -2.56. The second-order valence-corrected chi connectivity index (χ2v) is 3.92. The first-order chi connectivity index (χ1) is 7.60. The van der Waals surface area contributed by atoms with Crippen LogP contribution in [-0.4, -0.2) is 18.2 Å². The quantitative estimate of drug-likeness (QED) is 0.612. The Morgan fingerprint density at radius 2 is 2.19 bits per heavy atom. The van der Waals surface area contributed by atoms with E-state index in [4.69, 9.17) is 4.74 Å². The van der Waals surface area contributed by atoms with Crippen molar-refractivity contribution in [2.24, 2.45) is 0 Å². The van der Waals surface area contributed by atoms with Crippen LogP contribution < -0.4 is 4.74 Å². The number of Topliss-reactive ketones (excluding diaryl/α,β-unsaturated/α-hetero) is 1. The van der Waals surface area contributed by atoms with Gasteiger partial charge in [0, 0.05) is 17.3 Å². The summed E-state index contributed by atoms with van der Waals surface area (Å²) in [6.07, 6.45) is -2.25. The van der Waals surface area contributed by atoms with E-state index >= 15 is 0 Å². The Kier molecular flexibility index (Phi) is 4.86. The number of methoxy groups -OCH3 is 1. The summed E-state index contributed by atoms with van der Waals surface area (Å²) in [6.45, 7) is 0. The average molecular weight is 293 g/mol. The van der Waals surface area contributed by atoms with Crippen molar-refractivity contribution in [3.63, 3.8) is 0 Å². The van der Waals surface area contributed by atoms with Crippen LogP contribution in [-0.2, 0) is 0 Å². The summed E-state index contributed by atoms with van der Waals surface area (Å²) in [7, 11) is 1.36. The molecule has 0 bridgehead atoms. The standard InChI is InChI=1S/C11H11BrF2O2/c1-16-10-6-7(11(13)14)2-3-8(10)9(15)4-5-12/h2-3,6,11H,4-5H2,1H3. The highest BCUT2D eigenvalue weighted by molar-refractivity contribution is 9.09. The molecule has 5 heteroatoms. The Morgan fingerprint density at radius 3 is 2.69 bits per heavy atom. The van der Waals surface area contributed by atoms with Gasteiger partial charge in [-0.2, -0.15) is 0 Å². The van der Waals surface area contributed by atoms with Crippen molar-refractivity contribution >= 4 is 21.7 Å². The highest BCUT2D eigenvalue weighted by Gasteiger charge is 2.15. The van der Waals surface area contributed by atoms with Crippen LogP contribution in [0.2, 0.25) is 0 Å². The number of hydrogen-bond donors (Lipinski definition) is 0. The molecule has 88 valence electrons. The minimum absolute atomic E-state index is 0.130. The number of rotatable bonds is 5. The number of carbonyl (C=O) groups excluding carboxylic acids is 1. The summed E-state index contributed by atoms with van der Waals surface area (Å²) < 4.78 is 29.8. The monoisotopic (exact) mass is 292 g/mol. The Hall–Kier alpha value is -0.970. The molecule has 0 unspecified atom stereocenters. The normalized spacial score (nSPS) is 10.6. The Bertz CT molecular complexity index is 380. The molecule has 0 saturated heterocycles. The Morgan fingerprint density at radius 1 is 1.50 bits per heavy atom. The van der Waals surface area contributed by atoms with E-state index in [1.54, 1.807) is 0 Å². The smallest absolute Gasteiger partial charge is 0.263 e. The fourth-order valence-electron chi connectivity index (χ4n) is 1.29. The van der Waals surface area contributed by atoms with Crippen molar-refractivity contribution in [3.8, 4) is 5.75 Å². The van der Waals surface area contributed by atoms with Crippen LogP contribution in [0, 0.1) is 0 Å². The fraction of sp³-hybridized carbons (Fsp3) is 0.364. The third kappa shape index (κ3) is 3.01. The van der Waals surface area contributed by atoms with Gasteiger partial charge >= 0.3 is 0 Å². The zero-order valence-corrected chi connectivity index (χ0v) is 10.3. The third-order valence-electron chi connectivity index (χ3n) is 2.10. The number of alkyl halides is 3. The van der Waals surface area contributed by atoms with E-state index < -0.39 is 6.43 Å². The molecule has 0 spiro atoms. The molecule has 0 saturated carbocycles. The van der Waals surface area contributed by atoms with E-state index in [0.717, 1.165) is 0 Å². The van der Waals surface area contributed by atoms with Gasteiger partial charge in [-0.05, 0) is 12.1 Å². The maximum atomic E-state index is 12.4. The Balaban J connectivity index is 3.06. The van der Waals surface area contributed by atoms with Gasteiger partial charge in [0.05, 0.1) is 12.7 Å². The maximum Gasteiger partial charge on any atom is 0.263 e. The van der Waals surface area contributed by atoms with Gasteiger partial charge in [-0.1, -0.05) is 22.0 Å². The molecule has 0 N–H and O–H groups in total. The lowest BCUT2D eigenvalue weighted by molar-refractivity contribution is 0.0986. The van der Waals surface area contributed by atoms with Crippen molar-refractivity contribution < 1.29 is 18.3 Å². The summed E-state index contributed by atoms with van der Waals surface area (Å²) in [4.78, 5) is 11.6. The molecule has 0 radical (unpaired) electrons. The first-order valence-electron chi connectivity index (χ1n) is 4.65. The highest BCUT2D eigenvalue weighted by Crippen LogP contribution is 2.27. The van der Waals surface area contributed by atoms with Gasteiger partial charge in [-0.15, -0.1) is 0 Å². The van der Waals surface area contributed by atoms with Crippen molar-refractivity contribution in [2.75, 3.05) is 12.4 Å². The molecule has 0 heterocycles. The average Bonchev–Trinajstić information content (AvgIpc) is 2.28. The zero-order chi connectivity index (χ0) is 12.1. The lowest BCUT2D eigenvalue weighted by atomic mass is 10.1. The first kappa shape index (κ1) is 13.1. The van der Waals surface area contributed by atoms with E-state index in [9.17, 15) is 13.6 Å². The van der Waals surface area contributed by atoms with Crippen LogP contribution in [0.4, 0.5) is 8.78 Å². The predicted molar refractivity (Wildman–Crippen MR) is 60.7 cm³/mol. The summed E-state index contributed by atoms with van der Waals surface area (Å²) in [5, 5.41) is 0.533. The molecule has 0 fully saturated rings. The van der Waals surface area contributed by atoms with Crippen LogP contribution in [0.5, 0.6) is 5.75 Å². The molecule has 0 atom stereocenters. The number of benzene rings is 1. The van der Waals surface area contributed by atoms with Gasteiger partial charge in [0.25, 0.3) is 6.43 Å². The zero-order valence-electron chi connectivity index (χ0n) is 8.67. The minimum Gasteiger partial charge on any atom is -0.496 e. The van der Waals surface area contributed by atoms with Crippen LogP contribution in [0.25, 0.3) is 0 Å². The van der Waals surface area contributed by atoms with Crippen LogP contribution in [0.3, 0.4) is 0 Å². The largest absolute Gasteiger partial charge is 0.496 e. The summed E-state index contributed by atoms with van der Waals surface area (Å²) >= 11 is 3.15. The maximum absolute atomic E-state index is 12.4. The molecule has 1 aromatic carbocycles. The van der Waals surface area contributed by atoms with E-state index in [-0.39, 0.29) is 17.1 Å². The number of ether oxygens (including phenoxy) is 1. The number of ketones is 1. The van der Waals surface area contributed by atoms with E-state index in [1.807, 2.05) is 0 Å². The molecule has 16 heavy (non-hydrogen) atoms. The van der Waals surface area contributed by atoms with E-state index in [1.165, 1.54) is 25.3 Å². The topological polar surface area (TPSA) is 26.3 Å². The molecule has 0 aliphatic heterocycles. The molecule has 1 aromatic rings. The molecule has 0 aliphatic carbocycles. The van der Waals surface area contributed by atoms with Gasteiger partial charge in [0.1, 0.15) is 5.75 Å². The number of hydrogen-bond acceptors (Lipinski definition) is 2. The van der Waals surface area contributed by atoms with Crippen molar-refractivity contribution in [2.45, 2.75) is 12.8 Å². The summed E-state index contributed by atoms with van der Waals surface area (Å²) in [6, 6.07) is 3.83.